The quantitative estimate of drug-likeness (QED) is 0.281. The largest absolute Gasteiger partial charge is 0.417 e. The van der Waals surface area contributed by atoms with Crippen LogP contribution >= 0.6 is 0 Å². The van der Waals surface area contributed by atoms with Gasteiger partial charge in [-0.15, -0.1) is 0 Å². The molecule has 4 heteroatoms. The van der Waals surface area contributed by atoms with E-state index in [2.05, 4.69) is 125 Å². The lowest BCUT2D eigenvalue weighted by atomic mass is 10.2. The molecular formula is C28H37OSi3. The van der Waals surface area contributed by atoms with E-state index in [0.29, 0.717) is 5.16 Å². The van der Waals surface area contributed by atoms with E-state index in [1.165, 1.54) is 22.0 Å². The van der Waals surface area contributed by atoms with Crippen LogP contribution < -0.4 is 15.6 Å². The summed E-state index contributed by atoms with van der Waals surface area (Å²) in [7, 11) is -1.79. The molecule has 1 atom stereocenters. The van der Waals surface area contributed by atoms with Gasteiger partial charge < -0.3 is 4.43 Å². The maximum absolute atomic E-state index is 6.54. The van der Waals surface area contributed by atoms with Gasteiger partial charge in [-0.1, -0.05) is 134 Å². The normalized spacial score (nSPS) is 13.3. The molecule has 0 bridgehead atoms. The van der Waals surface area contributed by atoms with Crippen molar-refractivity contribution >= 4 is 42.2 Å². The summed E-state index contributed by atoms with van der Waals surface area (Å²) < 4.78 is 6.54. The molecule has 0 aliphatic carbocycles. The zero-order chi connectivity index (χ0) is 23.0. The van der Waals surface area contributed by atoms with Crippen molar-refractivity contribution in [3.05, 3.63) is 91.0 Å². The van der Waals surface area contributed by atoms with Crippen LogP contribution in [0, 0.1) is 0 Å². The summed E-state index contributed by atoms with van der Waals surface area (Å²) in [5.41, 5.74) is 0. The van der Waals surface area contributed by atoms with Crippen molar-refractivity contribution in [1.29, 1.82) is 0 Å². The topological polar surface area (TPSA) is 9.23 Å². The second kappa shape index (κ2) is 11.4. The van der Waals surface area contributed by atoms with Gasteiger partial charge in [-0.3, -0.25) is 0 Å². The smallest absolute Gasteiger partial charge is 0.191 e. The Bertz CT molecular complexity index is 882. The monoisotopic (exact) mass is 473 g/mol. The van der Waals surface area contributed by atoms with E-state index in [-0.39, 0.29) is 5.04 Å². The molecule has 0 aliphatic rings. The van der Waals surface area contributed by atoms with Crippen molar-refractivity contribution in [1.82, 2.24) is 0 Å². The van der Waals surface area contributed by atoms with Crippen LogP contribution in [0.4, 0.5) is 0 Å². The van der Waals surface area contributed by atoms with Crippen LogP contribution in [0.15, 0.2) is 91.0 Å². The van der Waals surface area contributed by atoms with Crippen LogP contribution in [0.5, 0.6) is 0 Å². The highest BCUT2D eigenvalue weighted by molar-refractivity contribution is 6.93. The fraction of sp³-hybridized carbons (Fsp3) is 0.357. The molecule has 3 radical (unpaired) electrons. The molecule has 167 valence electrons. The molecule has 0 saturated carbocycles. The van der Waals surface area contributed by atoms with Crippen molar-refractivity contribution in [2.45, 2.75) is 56.9 Å². The third-order valence-corrected chi connectivity index (χ3v) is 16.6. The first-order valence-corrected chi connectivity index (χ1v) is 17.3. The van der Waals surface area contributed by atoms with Gasteiger partial charge in [-0.05, 0) is 29.7 Å². The lowest BCUT2D eigenvalue weighted by molar-refractivity contribution is 0.280. The van der Waals surface area contributed by atoms with Crippen LogP contribution in [0.1, 0.15) is 33.6 Å². The van der Waals surface area contributed by atoms with Crippen molar-refractivity contribution in [2.75, 3.05) is 6.61 Å². The average Bonchev–Trinajstić information content (AvgIpc) is 2.78. The Hall–Kier alpha value is -1.73. The van der Waals surface area contributed by atoms with Gasteiger partial charge in [-0.25, -0.2) is 0 Å². The van der Waals surface area contributed by atoms with Crippen LogP contribution in [-0.4, -0.2) is 33.2 Å². The summed E-state index contributed by atoms with van der Waals surface area (Å²) in [4.78, 5) is 0. The molecule has 1 nitrogen and oxygen atoms in total. The minimum atomic E-state index is -1.70. The minimum Gasteiger partial charge on any atom is -0.417 e. The lowest BCUT2D eigenvalue weighted by Crippen LogP contribution is -2.49. The summed E-state index contributed by atoms with van der Waals surface area (Å²) in [5.74, 6) is 0. The molecule has 0 N–H and O–H groups in total. The standard InChI is InChI=1S/C28H37OSi3/c1-28(2,3)32(4,5)29-23-15-22-27(30-24-16-9-6-10-17-24)31(25-18-11-7-12-19-25)26-20-13-8-14-21-26/h6-14,16-21,27H,15,22-23H2,1-5H3. The van der Waals surface area contributed by atoms with Gasteiger partial charge in [0.15, 0.2) is 8.32 Å². The van der Waals surface area contributed by atoms with E-state index >= 15 is 0 Å². The van der Waals surface area contributed by atoms with Crippen LogP contribution in [-0.2, 0) is 4.43 Å². The molecule has 0 aliphatic heterocycles. The maximum atomic E-state index is 6.54. The summed E-state index contributed by atoms with van der Waals surface area (Å²) in [6.07, 6.45) is 2.34. The highest BCUT2D eigenvalue weighted by Gasteiger charge is 2.37. The van der Waals surface area contributed by atoms with Gasteiger partial charge in [0.2, 0.25) is 0 Å². The van der Waals surface area contributed by atoms with E-state index < -0.39 is 17.1 Å². The fourth-order valence-electron chi connectivity index (χ4n) is 3.66. The molecule has 0 amide bonds. The first kappa shape index (κ1) is 24.9. The molecule has 0 saturated heterocycles. The van der Waals surface area contributed by atoms with E-state index in [1.807, 2.05) is 0 Å². The Balaban J connectivity index is 1.83. The van der Waals surface area contributed by atoms with Crippen molar-refractivity contribution < 1.29 is 4.43 Å². The van der Waals surface area contributed by atoms with E-state index in [1.54, 1.807) is 0 Å². The van der Waals surface area contributed by atoms with Crippen molar-refractivity contribution in [3.63, 3.8) is 0 Å². The molecule has 3 aromatic carbocycles. The van der Waals surface area contributed by atoms with Gasteiger partial charge in [0.05, 0.1) is 9.52 Å². The predicted molar refractivity (Wildman–Crippen MR) is 146 cm³/mol. The minimum absolute atomic E-state index is 0.265. The lowest BCUT2D eigenvalue weighted by Gasteiger charge is -2.36. The number of hydrogen-bond donors (Lipinski definition) is 0. The summed E-state index contributed by atoms with van der Waals surface area (Å²) in [6.45, 7) is 12.6. The van der Waals surface area contributed by atoms with Gasteiger partial charge in [-0.2, -0.15) is 0 Å². The summed E-state index contributed by atoms with van der Waals surface area (Å²) in [5, 5.41) is 5.42. The second-order valence-electron chi connectivity index (χ2n) is 9.96. The highest BCUT2D eigenvalue weighted by Crippen LogP contribution is 2.36. The molecule has 3 aromatic rings. The van der Waals surface area contributed by atoms with Gasteiger partial charge in [0, 0.05) is 6.61 Å². The van der Waals surface area contributed by atoms with Crippen molar-refractivity contribution in [3.8, 4) is 0 Å². The summed E-state index contributed by atoms with van der Waals surface area (Å²) >= 11 is 0. The molecule has 0 heterocycles. The van der Waals surface area contributed by atoms with Crippen LogP contribution in [0.2, 0.25) is 23.3 Å². The van der Waals surface area contributed by atoms with Gasteiger partial charge >= 0.3 is 0 Å². The Morgan fingerprint density at radius 3 is 1.72 bits per heavy atom. The van der Waals surface area contributed by atoms with Crippen molar-refractivity contribution in [2.24, 2.45) is 0 Å². The first-order chi connectivity index (χ1) is 15.3. The third kappa shape index (κ3) is 6.88. The van der Waals surface area contributed by atoms with Crippen LogP contribution in [0.3, 0.4) is 0 Å². The molecular weight excluding hydrogens is 437 g/mol. The van der Waals surface area contributed by atoms with E-state index in [9.17, 15) is 0 Å². The average molecular weight is 474 g/mol. The maximum Gasteiger partial charge on any atom is 0.191 e. The molecule has 32 heavy (non-hydrogen) atoms. The predicted octanol–water partition coefficient (Wildman–Crippen LogP) is 5.46. The molecule has 3 rings (SSSR count). The van der Waals surface area contributed by atoms with Gasteiger partial charge in [0.25, 0.3) is 0 Å². The zero-order valence-corrected chi connectivity index (χ0v) is 23.3. The third-order valence-electron chi connectivity index (χ3n) is 6.54. The SMILES string of the molecule is CC(C)(C)[Si](C)(C)OCCCC([Si]c1ccccc1)[Si](c1ccccc1)c1ccccc1. The fourth-order valence-corrected chi connectivity index (χ4v) is 10.7. The number of hydrogen-bond acceptors (Lipinski definition) is 1. The Morgan fingerprint density at radius 2 is 1.25 bits per heavy atom. The molecule has 0 aromatic heterocycles. The van der Waals surface area contributed by atoms with E-state index in [4.69, 9.17) is 4.43 Å². The summed E-state index contributed by atoms with van der Waals surface area (Å²) in [6, 6.07) is 33.5. The Kier molecular flexibility index (Phi) is 8.88. The van der Waals surface area contributed by atoms with Crippen LogP contribution in [0.25, 0.3) is 0 Å². The van der Waals surface area contributed by atoms with E-state index in [0.717, 1.165) is 22.5 Å². The molecule has 0 fully saturated rings. The zero-order valence-electron chi connectivity index (χ0n) is 20.3. The molecule has 1 unspecified atom stereocenters. The number of benzene rings is 3. The Labute approximate surface area is 200 Å². The Morgan fingerprint density at radius 1 is 0.781 bits per heavy atom. The highest BCUT2D eigenvalue weighted by atomic mass is 28.4. The number of rotatable bonds is 10. The molecule has 0 spiro atoms. The second-order valence-corrected chi connectivity index (χ2v) is 19.6. The van der Waals surface area contributed by atoms with Gasteiger partial charge in [0.1, 0.15) is 8.80 Å². The first-order valence-electron chi connectivity index (χ1n) is 11.7.